The number of likely N-dealkylation sites (tertiary alicyclic amines) is 1. The summed E-state index contributed by atoms with van der Waals surface area (Å²) in [6, 6.07) is 0. The summed E-state index contributed by atoms with van der Waals surface area (Å²) < 4.78 is 5.18. The lowest BCUT2D eigenvalue weighted by Gasteiger charge is -2.28. The maximum atomic E-state index is 11.4. The maximum absolute atomic E-state index is 11.4. The molecule has 0 atom stereocenters. The van der Waals surface area contributed by atoms with E-state index in [1.807, 2.05) is 20.8 Å². The largest absolute Gasteiger partial charge is 0.444 e. The topological polar surface area (TPSA) is 53.6 Å². The van der Waals surface area contributed by atoms with Crippen molar-refractivity contribution >= 4 is 6.09 Å². The van der Waals surface area contributed by atoms with Gasteiger partial charge in [-0.25, -0.2) is 4.79 Å². The smallest absolute Gasteiger partial charge is 0.407 e. The van der Waals surface area contributed by atoms with Crippen LogP contribution in [-0.2, 0) is 4.74 Å². The van der Waals surface area contributed by atoms with E-state index >= 15 is 0 Å². The highest BCUT2D eigenvalue weighted by atomic mass is 16.6. The summed E-state index contributed by atoms with van der Waals surface area (Å²) in [5.74, 6) is 0.883. The third-order valence-electron chi connectivity index (χ3n) is 3.77. The zero-order chi connectivity index (χ0) is 15.7. The molecule has 1 aliphatic heterocycles. The molecule has 0 radical (unpaired) electrons. The number of rotatable bonds is 7. The average Bonchev–Trinajstić information content (AvgIpc) is 2.37. The van der Waals surface area contributed by atoms with Crippen molar-refractivity contribution in [2.45, 2.75) is 52.1 Å². The second-order valence-corrected chi connectivity index (χ2v) is 7.07. The van der Waals surface area contributed by atoms with Gasteiger partial charge in [0.2, 0.25) is 0 Å². The van der Waals surface area contributed by atoms with E-state index < -0.39 is 5.60 Å². The molecule has 0 unspecified atom stereocenters. The predicted molar refractivity (Wildman–Crippen MR) is 86.6 cm³/mol. The first-order chi connectivity index (χ1) is 9.87. The van der Waals surface area contributed by atoms with Crippen LogP contribution >= 0.6 is 0 Å². The van der Waals surface area contributed by atoms with Gasteiger partial charge in [-0.1, -0.05) is 0 Å². The number of ether oxygens (including phenoxy) is 1. The van der Waals surface area contributed by atoms with Gasteiger partial charge in [0, 0.05) is 6.54 Å². The van der Waals surface area contributed by atoms with Gasteiger partial charge in [-0.05, 0) is 85.6 Å². The van der Waals surface area contributed by atoms with Crippen LogP contribution in [0.25, 0.3) is 0 Å². The van der Waals surface area contributed by atoms with Gasteiger partial charge in [0.05, 0.1) is 0 Å². The second kappa shape index (κ2) is 9.26. The highest BCUT2D eigenvalue weighted by molar-refractivity contribution is 5.67. The molecule has 0 aromatic heterocycles. The molecule has 1 heterocycles. The second-order valence-electron chi connectivity index (χ2n) is 7.07. The standard InChI is InChI=1S/C16H33N3O2/c1-16(2,3)21-15(20)18-10-5-9-17-11-6-14-7-12-19(4)13-8-14/h14,17H,5-13H2,1-4H3,(H,18,20). The Balaban J connectivity index is 1.90. The van der Waals surface area contributed by atoms with Gasteiger partial charge in [0.1, 0.15) is 5.60 Å². The summed E-state index contributed by atoms with van der Waals surface area (Å²) in [6.07, 6.45) is 4.55. The molecule has 0 bridgehead atoms. The summed E-state index contributed by atoms with van der Waals surface area (Å²) >= 11 is 0. The Labute approximate surface area is 129 Å². The van der Waals surface area contributed by atoms with Gasteiger partial charge in [-0.2, -0.15) is 0 Å². The van der Waals surface area contributed by atoms with Crippen LogP contribution < -0.4 is 10.6 Å². The molecule has 21 heavy (non-hydrogen) atoms. The highest BCUT2D eigenvalue weighted by Gasteiger charge is 2.16. The van der Waals surface area contributed by atoms with Crippen LogP contribution in [0.15, 0.2) is 0 Å². The van der Waals surface area contributed by atoms with Crippen molar-refractivity contribution in [2.24, 2.45) is 5.92 Å². The summed E-state index contributed by atoms with van der Waals surface area (Å²) in [7, 11) is 2.20. The molecule has 1 saturated heterocycles. The molecule has 5 heteroatoms. The number of nitrogens with zero attached hydrogens (tertiary/aromatic N) is 1. The third kappa shape index (κ3) is 9.69. The van der Waals surface area contributed by atoms with Gasteiger partial charge in [-0.3, -0.25) is 0 Å². The Morgan fingerprint density at radius 3 is 2.48 bits per heavy atom. The SMILES string of the molecule is CN1CCC(CCNCCCNC(=O)OC(C)(C)C)CC1. The molecule has 1 aliphatic rings. The minimum Gasteiger partial charge on any atom is -0.444 e. The first kappa shape index (κ1) is 18.2. The fourth-order valence-electron chi connectivity index (χ4n) is 2.50. The van der Waals surface area contributed by atoms with Crippen LogP contribution in [0.2, 0.25) is 0 Å². The fraction of sp³-hybridized carbons (Fsp3) is 0.938. The van der Waals surface area contributed by atoms with Gasteiger partial charge < -0.3 is 20.3 Å². The predicted octanol–water partition coefficient (Wildman–Crippen LogP) is 2.22. The molecule has 1 rings (SSSR count). The van der Waals surface area contributed by atoms with Crippen molar-refractivity contribution < 1.29 is 9.53 Å². The number of amides is 1. The van der Waals surface area contributed by atoms with Crippen LogP contribution in [0.4, 0.5) is 4.79 Å². The van der Waals surface area contributed by atoms with E-state index in [1.54, 1.807) is 0 Å². The Hall–Kier alpha value is -0.810. The van der Waals surface area contributed by atoms with Crippen molar-refractivity contribution in [3.05, 3.63) is 0 Å². The fourth-order valence-corrected chi connectivity index (χ4v) is 2.50. The van der Waals surface area contributed by atoms with E-state index in [0.717, 1.165) is 25.4 Å². The summed E-state index contributed by atoms with van der Waals surface area (Å²) in [5.41, 5.74) is -0.420. The number of hydrogen-bond donors (Lipinski definition) is 2. The Morgan fingerprint density at radius 1 is 1.19 bits per heavy atom. The van der Waals surface area contributed by atoms with Gasteiger partial charge in [0.25, 0.3) is 0 Å². The Bertz CT molecular complexity index is 294. The summed E-state index contributed by atoms with van der Waals surface area (Å²) in [5, 5.41) is 6.24. The number of carbonyl (C=O) groups excluding carboxylic acids is 1. The lowest BCUT2D eigenvalue weighted by Crippen LogP contribution is -2.34. The van der Waals surface area contributed by atoms with Gasteiger partial charge in [0.15, 0.2) is 0 Å². The molecule has 124 valence electrons. The van der Waals surface area contributed by atoms with Crippen molar-refractivity contribution in [1.82, 2.24) is 15.5 Å². The van der Waals surface area contributed by atoms with E-state index in [-0.39, 0.29) is 6.09 Å². The molecule has 5 nitrogen and oxygen atoms in total. The normalized spacial score (nSPS) is 17.7. The third-order valence-corrected chi connectivity index (χ3v) is 3.77. The van der Waals surface area contributed by atoms with Crippen LogP contribution in [0, 0.1) is 5.92 Å². The average molecular weight is 299 g/mol. The number of piperidine rings is 1. The molecule has 0 spiro atoms. The molecular formula is C16H33N3O2. The number of hydrogen-bond acceptors (Lipinski definition) is 4. The monoisotopic (exact) mass is 299 g/mol. The van der Waals surface area contributed by atoms with Crippen molar-refractivity contribution in [2.75, 3.05) is 39.8 Å². The minimum absolute atomic E-state index is 0.325. The van der Waals surface area contributed by atoms with Crippen LogP contribution in [0.3, 0.4) is 0 Å². The Morgan fingerprint density at radius 2 is 1.86 bits per heavy atom. The molecule has 0 saturated carbocycles. The molecular weight excluding hydrogens is 266 g/mol. The highest BCUT2D eigenvalue weighted by Crippen LogP contribution is 2.18. The molecule has 1 amide bonds. The van der Waals surface area contributed by atoms with E-state index in [4.69, 9.17) is 4.74 Å². The number of nitrogens with one attached hydrogen (secondary N) is 2. The van der Waals surface area contributed by atoms with Crippen LogP contribution in [0.1, 0.15) is 46.5 Å². The molecule has 2 N–H and O–H groups in total. The zero-order valence-electron chi connectivity index (χ0n) is 14.2. The first-order valence-electron chi connectivity index (χ1n) is 8.23. The molecule has 0 aromatic carbocycles. The lowest BCUT2D eigenvalue weighted by molar-refractivity contribution is 0.0527. The minimum atomic E-state index is -0.420. The van der Waals surface area contributed by atoms with Crippen LogP contribution in [-0.4, -0.2) is 56.4 Å². The lowest BCUT2D eigenvalue weighted by atomic mass is 9.94. The van der Waals surface area contributed by atoms with Crippen molar-refractivity contribution in [3.63, 3.8) is 0 Å². The van der Waals surface area contributed by atoms with Gasteiger partial charge in [-0.15, -0.1) is 0 Å². The van der Waals surface area contributed by atoms with Crippen LogP contribution in [0.5, 0.6) is 0 Å². The Kier molecular flexibility index (Phi) is 8.04. The molecule has 0 aromatic rings. The number of alkyl carbamates (subject to hydrolysis) is 1. The van der Waals surface area contributed by atoms with Crippen molar-refractivity contribution in [1.29, 1.82) is 0 Å². The quantitative estimate of drug-likeness (QED) is 0.708. The zero-order valence-corrected chi connectivity index (χ0v) is 14.2. The van der Waals surface area contributed by atoms with E-state index in [1.165, 1.54) is 32.4 Å². The van der Waals surface area contributed by atoms with Gasteiger partial charge >= 0.3 is 6.09 Å². The van der Waals surface area contributed by atoms with E-state index in [9.17, 15) is 4.79 Å². The number of carbonyl (C=O) groups is 1. The summed E-state index contributed by atoms with van der Waals surface area (Å²) in [6.45, 7) is 10.8. The first-order valence-corrected chi connectivity index (χ1v) is 8.23. The van der Waals surface area contributed by atoms with Crippen molar-refractivity contribution in [3.8, 4) is 0 Å². The molecule has 0 aliphatic carbocycles. The maximum Gasteiger partial charge on any atom is 0.407 e. The van der Waals surface area contributed by atoms with E-state index in [2.05, 4.69) is 22.6 Å². The van der Waals surface area contributed by atoms with E-state index in [0.29, 0.717) is 6.54 Å². The molecule has 1 fully saturated rings. The summed E-state index contributed by atoms with van der Waals surface area (Å²) in [4.78, 5) is 13.8.